The maximum Gasteiger partial charge on any atom is 0.411 e. The molecule has 0 unspecified atom stereocenters. The van der Waals surface area contributed by atoms with Gasteiger partial charge in [0, 0.05) is 25.5 Å². The molecule has 4 rings (SSSR count). The van der Waals surface area contributed by atoms with Gasteiger partial charge in [0.2, 0.25) is 11.8 Å². The second kappa shape index (κ2) is 13.4. The van der Waals surface area contributed by atoms with Crippen molar-refractivity contribution in [3.05, 3.63) is 71.5 Å². The first-order valence-corrected chi connectivity index (χ1v) is 15.7. The molecule has 45 heavy (non-hydrogen) atoms. The van der Waals surface area contributed by atoms with Crippen molar-refractivity contribution in [2.75, 3.05) is 38.0 Å². The van der Waals surface area contributed by atoms with E-state index < -0.39 is 39.2 Å². The van der Waals surface area contributed by atoms with Crippen LogP contribution >= 0.6 is 0 Å². The number of rotatable bonds is 11. The van der Waals surface area contributed by atoms with Crippen molar-refractivity contribution in [1.82, 2.24) is 9.88 Å². The van der Waals surface area contributed by atoms with E-state index in [0.717, 1.165) is 4.90 Å². The minimum atomic E-state index is -3.81. The standard InChI is InChI=1S/C31H37N5O8S/c1-18(2)45(41,42)27-11-9-22(35(3)31(39)40)15-23(27)24-7-6-12-36(24)30(38)28(19-8-10-25(43-4)26(14-19)44-5)34-21-13-20(29(32)37)16-33-17-21/h8-11,13-18,24,28,34H,6-7,12H2,1-5H3,(H2,32,37)(H,39,40)/t24-,28-/m1/s1. The maximum absolute atomic E-state index is 14.6. The highest BCUT2D eigenvalue weighted by Crippen LogP contribution is 2.41. The largest absolute Gasteiger partial charge is 0.493 e. The van der Waals surface area contributed by atoms with Crippen LogP contribution in [0.25, 0.3) is 0 Å². The SMILES string of the molecule is COc1ccc([C@@H](Nc2cncc(C(N)=O)c2)C(=O)N2CCC[C@@H]2c2cc(N(C)C(=O)O)ccc2S(=O)(=O)C(C)C)cc1OC. The Bertz CT molecular complexity index is 1710. The van der Waals surface area contributed by atoms with E-state index in [1.165, 1.54) is 57.9 Å². The molecule has 240 valence electrons. The predicted octanol–water partition coefficient (Wildman–Crippen LogP) is 4.01. The monoisotopic (exact) mass is 639 g/mol. The number of nitrogens with one attached hydrogen (secondary N) is 1. The number of carbonyl (C=O) groups excluding carboxylic acids is 2. The number of hydrogen-bond donors (Lipinski definition) is 3. The molecule has 1 aromatic heterocycles. The normalized spacial score (nSPS) is 15.4. The van der Waals surface area contributed by atoms with Crippen molar-refractivity contribution in [2.24, 2.45) is 5.73 Å². The summed E-state index contributed by atoms with van der Waals surface area (Å²) in [4.78, 5) is 44.9. The fraction of sp³-hybridized carbons (Fsp3) is 0.355. The lowest BCUT2D eigenvalue weighted by Gasteiger charge is -2.32. The average molecular weight is 640 g/mol. The van der Waals surface area contributed by atoms with Crippen LogP contribution in [0.3, 0.4) is 0 Å². The van der Waals surface area contributed by atoms with Crippen LogP contribution in [-0.2, 0) is 14.6 Å². The first-order chi connectivity index (χ1) is 21.3. The molecule has 1 fully saturated rings. The van der Waals surface area contributed by atoms with Gasteiger partial charge < -0.3 is 30.5 Å². The highest BCUT2D eigenvalue weighted by Gasteiger charge is 2.38. The second-order valence-electron chi connectivity index (χ2n) is 10.9. The average Bonchev–Trinajstić information content (AvgIpc) is 3.52. The number of carbonyl (C=O) groups is 3. The Morgan fingerprint density at radius 3 is 2.40 bits per heavy atom. The lowest BCUT2D eigenvalue weighted by atomic mass is 10.0. The molecule has 1 aliphatic heterocycles. The van der Waals surface area contributed by atoms with E-state index in [1.807, 2.05) is 0 Å². The third-order valence-electron chi connectivity index (χ3n) is 7.81. The minimum absolute atomic E-state index is 0.0405. The Kier molecular flexibility index (Phi) is 9.86. The zero-order chi connectivity index (χ0) is 33.1. The van der Waals surface area contributed by atoms with Gasteiger partial charge in [-0.2, -0.15) is 0 Å². The smallest absolute Gasteiger partial charge is 0.411 e. The zero-order valence-electron chi connectivity index (χ0n) is 25.7. The summed E-state index contributed by atoms with van der Waals surface area (Å²) in [5, 5.41) is 12.0. The van der Waals surface area contributed by atoms with E-state index in [0.29, 0.717) is 47.7 Å². The van der Waals surface area contributed by atoms with Crippen LogP contribution in [0.5, 0.6) is 11.5 Å². The van der Waals surface area contributed by atoms with E-state index >= 15 is 0 Å². The molecule has 3 aromatic rings. The van der Waals surface area contributed by atoms with Gasteiger partial charge in [-0.3, -0.25) is 19.5 Å². The molecule has 2 heterocycles. The zero-order valence-corrected chi connectivity index (χ0v) is 26.5. The third kappa shape index (κ3) is 6.80. The van der Waals surface area contributed by atoms with Crippen LogP contribution in [0, 0.1) is 0 Å². The number of amides is 3. The first-order valence-electron chi connectivity index (χ1n) is 14.2. The van der Waals surface area contributed by atoms with E-state index in [-0.39, 0.29) is 22.1 Å². The van der Waals surface area contributed by atoms with Crippen LogP contribution in [0.1, 0.15) is 60.3 Å². The Balaban J connectivity index is 1.85. The number of carboxylic acid groups (broad SMARTS) is 1. The molecule has 1 saturated heterocycles. The van der Waals surface area contributed by atoms with Crippen LogP contribution in [0.4, 0.5) is 16.2 Å². The van der Waals surface area contributed by atoms with Crippen molar-refractivity contribution < 1.29 is 37.4 Å². The molecule has 4 N–H and O–H groups in total. The molecule has 3 amide bonds. The maximum atomic E-state index is 14.6. The summed E-state index contributed by atoms with van der Waals surface area (Å²) in [5.74, 6) is -0.248. The van der Waals surface area contributed by atoms with Gasteiger partial charge in [-0.1, -0.05) is 6.07 Å². The lowest BCUT2D eigenvalue weighted by molar-refractivity contribution is -0.133. The molecule has 2 atom stereocenters. The fourth-order valence-electron chi connectivity index (χ4n) is 5.29. The number of sulfone groups is 1. The lowest BCUT2D eigenvalue weighted by Crippen LogP contribution is -2.38. The molecule has 0 saturated carbocycles. The molecule has 1 aliphatic rings. The number of pyridine rings is 1. The van der Waals surface area contributed by atoms with Gasteiger partial charge in [-0.25, -0.2) is 13.2 Å². The van der Waals surface area contributed by atoms with Crippen molar-refractivity contribution in [2.45, 2.75) is 48.9 Å². The van der Waals surface area contributed by atoms with Crippen molar-refractivity contribution >= 4 is 39.1 Å². The van der Waals surface area contributed by atoms with Gasteiger partial charge in [0.25, 0.3) is 0 Å². The molecule has 14 heteroatoms. The van der Waals surface area contributed by atoms with Crippen molar-refractivity contribution in [1.29, 1.82) is 0 Å². The molecule has 13 nitrogen and oxygen atoms in total. The fourth-order valence-corrected chi connectivity index (χ4v) is 6.58. The summed E-state index contributed by atoms with van der Waals surface area (Å²) >= 11 is 0. The summed E-state index contributed by atoms with van der Waals surface area (Å²) in [6.07, 6.45) is 2.57. The first kappa shape index (κ1) is 33.1. The van der Waals surface area contributed by atoms with Gasteiger partial charge >= 0.3 is 6.09 Å². The summed E-state index contributed by atoms with van der Waals surface area (Å²) < 4.78 is 37.9. The van der Waals surface area contributed by atoms with Crippen molar-refractivity contribution in [3.63, 3.8) is 0 Å². The van der Waals surface area contributed by atoms with E-state index in [4.69, 9.17) is 15.2 Å². The predicted molar refractivity (Wildman–Crippen MR) is 168 cm³/mol. The number of nitrogens with two attached hydrogens (primary N) is 1. The summed E-state index contributed by atoms with van der Waals surface area (Å²) in [5.41, 5.74) is 7.05. The van der Waals surface area contributed by atoms with Gasteiger partial charge in [0.1, 0.15) is 6.04 Å². The quantitative estimate of drug-likeness (QED) is 0.277. The number of nitrogens with zero attached hydrogens (tertiary/aromatic N) is 3. The number of benzene rings is 2. The summed E-state index contributed by atoms with van der Waals surface area (Å²) in [6.45, 7) is 3.45. The number of likely N-dealkylation sites (tertiary alicyclic amines) is 1. The second-order valence-corrected chi connectivity index (χ2v) is 13.3. The molecular formula is C31H37N5O8S. The highest BCUT2D eigenvalue weighted by molar-refractivity contribution is 7.92. The van der Waals surface area contributed by atoms with Crippen molar-refractivity contribution in [3.8, 4) is 11.5 Å². The highest BCUT2D eigenvalue weighted by atomic mass is 32.2. The topological polar surface area (TPSA) is 181 Å². The van der Waals surface area contributed by atoms with Crippen LogP contribution in [0.2, 0.25) is 0 Å². The number of methoxy groups -OCH3 is 2. The molecule has 0 aliphatic carbocycles. The minimum Gasteiger partial charge on any atom is -0.493 e. The number of hydrogen-bond acceptors (Lipinski definition) is 9. The number of ether oxygens (including phenoxy) is 2. The number of primary amides is 1. The van der Waals surface area contributed by atoms with Crippen LogP contribution in [-0.4, -0.2) is 74.4 Å². The Morgan fingerprint density at radius 2 is 1.78 bits per heavy atom. The Labute approximate surface area is 261 Å². The van der Waals surface area contributed by atoms with Gasteiger partial charge in [-0.05, 0) is 74.2 Å². The molecule has 0 bridgehead atoms. The summed E-state index contributed by atoms with van der Waals surface area (Å²) in [7, 11) is 0.518. The molecular weight excluding hydrogens is 602 g/mol. The van der Waals surface area contributed by atoms with Gasteiger partial charge in [-0.15, -0.1) is 0 Å². The van der Waals surface area contributed by atoms with Crippen LogP contribution < -0.4 is 25.4 Å². The van der Waals surface area contributed by atoms with Gasteiger partial charge in [0.15, 0.2) is 21.3 Å². The van der Waals surface area contributed by atoms with E-state index in [2.05, 4.69) is 10.3 Å². The molecule has 0 spiro atoms. The van der Waals surface area contributed by atoms with E-state index in [9.17, 15) is 27.9 Å². The molecule has 0 radical (unpaired) electrons. The van der Waals surface area contributed by atoms with Gasteiger partial charge in [0.05, 0.1) is 47.9 Å². The Morgan fingerprint density at radius 1 is 1.07 bits per heavy atom. The molecule has 2 aromatic carbocycles. The summed E-state index contributed by atoms with van der Waals surface area (Å²) in [6, 6.07) is 9.16. The third-order valence-corrected chi connectivity index (χ3v) is 10.0. The number of anilines is 2. The Hall–Kier alpha value is -4.85. The van der Waals surface area contributed by atoms with E-state index in [1.54, 1.807) is 36.9 Å². The van der Waals surface area contributed by atoms with Crippen LogP contribution in [0.15, 0.2) is 59.8 Å². The number of aromatic nitrogens is 1.